The summed E-state index contributed by atoms with van der Waals surface area (Å²) in [6.45, 7) is 3.69. The lowest BCUT2D eigenvalue weighted by Gasteiger charge is -2.16. The first-order valence-electron chi connectivity index (χ1n) is 6.88. The first-order valence-corrected chi connectivity index (χ1v) is 6.88. The molecule has 3 heteroatoms. The molecule has 0 amide bonds. The van der Waals surface area contributed by atoms with Gasteiger partial charge in [-0.15, -0.1) is 0 Å². The van der Waals surface area contributed by atoms with E-state index in [2.05, 4.69) is 24.1 Å². The Bertz CT molecular complexity index is 346. The van der Waals surface area contributed by atoms with Gasteiger partial charge >= 0.3 is 0 Å². The van der Waals surface area contributed by atoms with E-state index in [0.29, 0.717) is 6.54 Å². The summed E-state index contributed by atoms with van der Waals surface area (Å²) in [7, 11) is 2.17. The van der Waals surface area contributed by atoms with Crippen LogP contribution < -0.4 is 10.5 Å². The van der Waals surface area contributed by atoms with Gasteiger partial charge < -0.3 is 15.4 Å². The Morgan fingerprint density at radius 3 is 2.61 bits per heavy atom. The van der Waals surface area contributed by atoms with Crippen LogP contribution in [-0.4, -0.2) is 38.2 Å². The van der Waals surface area contributed by atoms with Crippen LogP contribution in [0.25, 0.3) is 0 Å². The highest BCUT2D eigenvalue weighted by molar-refractivity contribution is 5.27. The monoisotopic (exact) mass is 248 g/mol. The van der Waals surface area contributed by atoms with E-state index in [4.69, 9.17) is 10.5 Å². The topological polar surface area (TPSA) is 38.5 Å². The van der Waals surface area contributed by atoms with E-state index in [1.54, 1.807) is 0 Å². The van der Waals surface area contributed by atoms with Crippen molar-refractivity contribution in [2.24, 2.45) is 11.7 Å². The highest BCUT2D eigenvalue weighted by Gasteiger charge is 2.22. The van der Waals surface area contributed by atoms with Crippen molar-refractivity contribution in [1.29, 1.82) is 0 Å². The molecule has 0 bridgehead atoms. The summed E-state index contributed by atoms with van der Waals surface area (Å²) in [5.74, 6) is 1.90. The van der Waals surface area contributed by atoms with Gasteiger partial charge in [0.25, 0.3) is 0 Å². The molecule has 3 nitrogen and oxygen atoms in total. The smallest absolute Gasteiger partial charge is 0.119 e. The molecule has 1 aliphatic carbocycles. The lowest BCUT2D eigenvalue weighted by atomic mass is 10.1. The lowest BCUT2D eigenvalue weighted by Crippen LogP contribution is -2.26. The maximum Gasteiger partial charge on any atom is 0.119 e. The number of ether oxygens (including phenoxy) is 1. The van der Waals surface area contributed by atoms with E-state index in [9.17, 15) is 0 Å². The fourth-order valence-electron chi connectivity index (χ4n) is 2.07. The molecule has 0 unspecified atom stereocenters. The van der Waals surface area contributed by atoms with Gasteiger partial charge in [-0.05, 0) is 56.5 Å². The molecule has 0 atom stereocenters. The number of likely N-dealkylation sites (N-methyl/N-ethyl adjacent to an activating group) is 1. The largest absolute Gasteiger partial charge is 0.492 e. The average molecular weight is 248 g/mol. The Labute approximate surface area is 110 Å². The molecule has 0 heterocycles. The minimum atomic E-state index is 0.701. The minimum Gasteiger partial charge on any atom is -0.492 e. The van der Waals surface area contributed by atoms with Crippen LogP contribution in [0.1, 0.15) is 18.4 Å². The zero-order chi connectivity index (χ0) is 12.8. The van der Waals surface area contributed by atoms with Crippen LogP contribution in [0.3, 0.4) is 0 Å². The van der Waals surface area contributed by atoms with Gasteiger partial charge in [-0.25, -0.2) is 0 Å². The molecule has 1 fully saturated rings. The quantitative estimate of drug-likeness (QED) is 0.764. The Morgan fingerprint density at radius 2 is 2.00 bits per heavy atom. The van der Waals surface area contributed by atoms with Crippen LogP contribution in [0.4, 0.5) is 0 Å². The van der Waals surface area contributed by atoms with Crippen molar-refractivity contribution in [3.05, 3.63) is 29.8 Å². The van der Waals surface area contributed by atoms with Crippen LogP contribution in [0, 0.1) is 5.92 Å². The van der Waals surface area contributed by atoms with Crippen molar-refractivity contribution in [2.75, 3.05) is 33.3 Å². The molecule has 0 radical (unpaired) electrons. The van der Waals surface area contributed by atoms with Crippen LogP contribution in [0.15, 0.2) is 24.3 Å². The third kappa shape index (κ3) is 4.67. The molecular formula is C15H24N2O. The second-order valence-corrected chi connectivity index (χ2v) is 5.24. The van der Waals surface area contributed by atoms with Crippen LogP contribution in [0.2, 0.25) is 0 Å². The van der Waals surface area contributed by atoms with Crippen LogP contribution in [-0.2, 0) is 6.42 Å². The Kier molecular flexibility index (Phi) is 5.02. The third-order valence-electron chi connectivity index (χ3n) is 3.36. The van der Waals surface area contributed by atoms with Crippen molar-refractivity contribution in [2.45, 2.75) is 19.3 Å². The zero-order valence-corrected chi connectivity index (χ0v) is 11.3. The molecule has 1 aliphatic rings. The molecule has 18 heavy (non-hydrogen) atoms. The van der Waals surface area contributed by atoms with E-state index < -0.39 is 0 Å². The third-order valence-corrected chi connectivity index (χ3v) is 3.36. The van der Waals surface area contributed by atoms with Crippen molar-refractivity contribution in [3.63, 3.8) is 0 Å². The standard InChI is InChI=1S/C15H24N2O/c1-17(12-14-2-3-14)10-11-18-15-6-4-13(5-7-15)8-9-16/h4-7,14H,2-3,8-12,16H2,1H3. The molecule has 100 valence electrons. The summed E-state index contributed by atoms with van der Waals surface area (Å²) in [4.78, 5) is 2.36. The summed E-state index contributed by atoms with van der Waals surface area (Å²) in [6.07, 6.45) is 3.76. The fourth-order valence-corrected chi connectivity index (χ4v) is 2.07. The average Bonchev–Trinajstić information content (AvgIpc) is 3.16. The number of hydrogen-bond donors (Lipinski definition) is 1. The molecule has 2 N–H and O–H groups in total. The van der Waals surface area contributed by atoms with Gasteiger partial charge in [0.2, 0.25) is 0 Å². The fraction of sp³-hybridized carbons (Fsp3) is 0.600. The molecule has 2 rings (SSSR count). The van der Waals surface area contributed by atoms with E-state index >= 15 is 0 Å². The highest BCUT2D eigenvalue weighted by atomic mass is 16.5. The number of rotatable bonds is 8. The molecule has 1 aromatic carbocycles. The van der Waals surface area contributed by atoms with E-state index in [1.165, 1.54) is 24.9 Å². The van der Waals surface area contributed by atoms with Crippen molar-refractivity contribution in [1.82, 2.24) is 4.90 Å². The SMILES string of the molecule is CN(CCOc1ccc(CCN)cc1)CC1CC1. The molecule has 0 saturated heterocycles. The Hall–Kier alpha value is -1.06. The van der Waals surface area contributed by atoms with Gasteiger partial charge in [0.1, 0.15) is 12.4 Å². The molecule has 0 spiro atoms. The second kappa shape index (κ2) is 6.76. The number of hydrogen-bond acceptors (Lipinski definition) is 3. The van der Waals surface area contributed by atoms with Gasteiger partial charge in [-0.1, -0.05) is 12.1 Å². The van der Waals surface area contributed by atoms with Gasteiger partial charge in [-0.3, -0.25) is 0 Å². The van der Waals surface area contributed by atoms with Gasteiger partial charge in [0, 0.05) is 13.1 Å². The normalized spacial score (nSPS) is 15.1. The van der Waals surface area contributed by atoms with Crippen LogP contribution >= 0.6 is 0 Å². The first-order chi connectivity index (χ1) is 8.78. The maximum absolute atomic E-state index is 5.74. The molecule has 0 aromatic heterocycles. The number of nitrogens with two attached hydrogens (primary N) is 1. The Balaban J connectivity index is 1.65. The number of benzene rings is 1. The van der Waals surface area contributed by atoms with Gasteiger partial charge in [0.15, 0.2) is 0 Å². The summed E-state index contributed by atoms with van der Waals surface area (Å²) in [5, 5.41) is 0. The summed E-state index contributed by atoms with van der Waals surface area (Å²) in [5.41, 5.74) is 6.79. The molecule has 0 aliphatic heterocycles. The minimum absolute atomic E-state index is 0.701. The van der Waals surface area contributed by atoms with Crippen molar-refractivity contribution < 1.29 is 4.74 Å². The first kappa shape index (κ1) is 13.4. The van der Waals surface area contributed by atoms with E-state index in [1.807, 2.05) is 12.1 Å². The summed E-state index contributed by atoms with van der Waals surface area (Å²) < 4.78 is 5.74. The van der Waals surface area contributed by atoms with E-state index in [-0.39, 0.29) is 0 Å². The van der Waals surface area contributed by atoms with Gasteiger partial charge in [0.05, 0.1) is 0 Å². The summed E-state index contributed by atoms with van der Waals surface area (Å²) >= 11 is 0. The Morgan fingerprint density at radius 1 is 1.28 bits per heavy atom. The molecular weight excluding hydrogens is 224 g/mol. The van der Waals surface area contributed by atoms with E-state index in [0.717, 1.165) is 31.2 Å². The van der Waals surface area contributed by atoms with Crippen LogP contribution in [0.5, 0.6) is 5.75 Å². The van der Waals surface area contributed by atoms with Gasteiger partial charge in [-0.2, -0.15) is 0 Å². The predicted octanol–water partition coefficient (Wildman–Crippen LogP) is 1.91. The molecule has 1 saturated carbocycles. The maximum atomic E-state index is 5.74. The summed E-state index contributed by atoms with van der Waals surface area (Å²) in [6, 6.07) is 8.25. The van der Waals surface area contributed by atoms with Crippen molar-refractivity contribution in [3.8, 4) is 5.75 Å². The van der Waals surface area contributed by atoms with Crippen molar-refractivity contribution >= 4 is 0 Å². The molecule has 1 aromatic rings. The zero-order valence-electron chi connectivity index (χ0n) is 11.3. The highest BCUT2D eigenvalue weighted by Crippen LogP contribution is 2.29. The predicted molar refractivity (Wildman–Crippen MR) is 74.9 cm³/mol. The second-order valence-electron chi connectivity index (χ2n) is 5.24. The lowest BCUT2D eigenvalue weighted by molar-refractivity contribution is 0.232. The number of nitrogens with zero attached hydrogens (tertiary/aromatic N) is 1.